The van der Waals surface area contributed by atoms with E-state index in [1.54, 1.807) is 13.3 Å². The summed E-state index contributed by atoms with van der Waals surface area (Å²) in [4.78, 5) is 11.2. The fourth-order valence-electron chi connectivity index (χ4n) is 2.96. The van der Waals surface area contributed by atoms with Crippen LogP contribution in [0, 0.1) is 0 Å². The van der Waals surface area contributed by atoms with Gasteiger partial charge in [0.2, 0.25) is 5.82 Å². The molecule has 1 fully saturated rings. The third-order valence-electron chi connectivity index (χ3n) is 4.32. The van der Waals surface area contributed by atoms with Crippen LogP contribution >= 0.6 is 24.0 Å². The highest BCUT2D eigenvalue weighted by Crippen LogP contribution is 2.14. The fourth-order valence-corrected chi connectivity index (χ4v) is 2.96. The van der Waals surface area contributed by atoms with Gasteiger partial charge in [-0.1, -0.05) is 6.42 Å². The second-order valence-electron chi connectivity index (χ2n) is 6.16. The molecule has 1 saturated heterocycles. The monoisotopic (exact) mass is 473 g/mol. The average molecular weight is 473 g/mol. The summed E-state index contributed by atoms with van der Waals surface area (Å²) in [6.45, 7) is 5.14. The number of hydrogen-bond acceptors (Lipinski definition) is 5. The van der Waals surface area contributed by atoms with E-state index in [-0.39, 0.29) is 24.0 Å². The van der Waals surface area contributed by atoms with E-state index in [9.17, 15) is 0 Å². The van der Waals surface area contributed by atoms with Crippen molar-refractivity contribution >= 4 is 29.9 Å². The maximum absolute atomic E-state index is 5.29. The van der Waals surface area contributed by atoms with E-state index in [0.717, 1.165) is 37.8 Å². The van der Waals surface area contributed by atoms with Crippen LogP contribution in [0.3, 0.4) is 0 Å². The summed E-state index contributed by atoms with van der Waals surface area (Å²) >= 11 is 0. The predicted molar refractivity (Wildman–Crippen MR) is 113 cm³/mol. The molecular weight excluding hydrogens is 445 g/mol. The molecule has 2 aromatic heterocycles. The van der Waals surface area contributed by atoms with Crippen LogP contribution in [0.15, 0.2) is 27.8 Å². The lowest BCUT2D eigenvalue weighted by Crippen LogP contribution is -2.43. The second kappa shape index (κ2) is 11.2. The molecule has 1 aliphatic rings. The first-order valence-electron chi connectivity index (χ1n) is 8.97. The smallest absolute Gasteiger partial charge is 0.216 e. The molecule has 0 saturated carbocycles. The number of aromatic nitrogens is 3. The number of nitrogens with zero attached hydrogens (tertiary/aromatic N) is 4. The van der Waals surface area contributed by atoms with E-state index in [2.05, 4.69) is 35.7 Å². The quantitative estimate of drug-likeness (QED) is 0.323. The summed E-state index contributed by atoms with van der Waals surface area (Å²) in [6, 6.07) is 3.67. The number of guanidine groups is 1. The number of halogens is 1. The molecule has 2 aromatic rings. The molecule has 0 radical (unpaired) electrons. The zero-order valence-electron chi connectivity index (χ0n) is 15.2. The van der Waals surface area contributed by atoms with Crippen LogP contribution in [-0.4, -0.2) is 65.8 Å². The third kappa shape index (κ3) is 6.27. The van der Waals surface area contributed by atoms with Crippen LogP contribution in [0.2, 0.25) is 0 Å². The Labute approximate surface area is 171 Å². The first kappa shape index (κ1) is 20.7. The van der Waals surface area contributed by atoms with Gasteiger partial charge in [0.05, 0.1) is 6.26 Å². The lowest BCUT2D eigenvalue weighted by atomic mass is 10.1. The third-order valence-corrected chi connectivity index (χ3v) is 4.32. The Hall–Kier alpha value is -1.62. The summed E-state index contributed by atoms with van der Waals surface area (Å²) < 4.78 is 5.29. The average Bonchev–Trinajstić information content (AvgIpc) is 3.33. The first-order valence-corrected chi connectivity index (χ1v) is 8.97. The Bertz CT molecular complexity index is 650. The number of hydrogen-bond donors (Lipinski definition) is 3. The molecule has 144 valence electrons. The van der Waals surface area contributed by atoms with Gasteiger partial charge in [-0.15, -0.1) is 24.0 Å². The molecular formula is C17H28IN7O. The summed E-state index contributed by atoms with van der Waals surface area (Å²) in [5.74, 6) is 2.90. The fraction of sp³-hybridized carbons (Fsp3) is 0.588. The highest BCUT2D eigenvalue weighted by Gasteiger charge is 2.10. The summed E-state index contributed by atoms with van der Waals surface area (Å²) in [6.07, 6.45) is 6.37. The Morgan fingerprint density at radius 1 is 1.27 bits per heavy atom. The molecule has 8 nitrogen and oxygen atoms in total. The van der Waals surface area contributed by atoms with E-state index in [0.29, 0.717) is 11.6 Å². The van der Waals surface area contributed by atoms with Crippen molar-refractivity contribution in [3.8, 4) is 11.6 Å². The van der Waals surface area contributed by atoms with Gasteiger partial charge < -0.3 is 20.0 Å². The molecule has 1 aliphatic heterocycles. The molecule has 3 N–H and O–H groups in total. The van der Waals surface area contributed by atoms with Gasteiger partial charge in [-0.3, -0.25) is 10.1 Å². The Morgan fingerprint density at radius 2 is 2.08 bits per heavy atom. The van der Waals surface area contributed by atoms with Crippen LogP contribution in [0.25, 0.3) is 11.6 Å². The maximum atomic E-state index is 5.29. The molecule has 0 spiro atoms. The molecule has 0 unspecified atom stereocenters. The number of H-pyrrole nitrogens is 1. The van der Waals surface area contributed by atoms with E-state index >= 15 is 0 Å². The SMILES string of the molecule is CN=C(NCCc1nc(-c2ccco2)n[nH]1)NCCN1CCCCC1.I. The van der Waals surface area contributed by atoms with Crippen LogP contribution in [0.1, 0.15) is 25.1 Å². The van der Waals surface area contributed by atoms with Gasteiger partial charge in [0, 0.05) is 33.1 Å². The standard InChI is InChI=1S/C17H27N7O.HI/c1-18-17(20-9-12-24-10-3-2-4-11-24)19-8-7-15-21-16(23-22-15)14-6-5-13-25-14;/h5-6,13H,2-4,7-12H2,1H3,(H2,18,19,20)(H,21,22,23);1H. The Balaban J connectivity index is 0.00000243. The molecule has 0 aromatic carbocycles. The number of furan rings is 1. The number of nitrogens with one attached hydrogen (secondary N) is 3. The number of aliphatic imine (C=N–C) groups is 1. The van der Waals surface area contributed by atoms with Gasteiger partial charge in [-0.25, -0.2) is 4.98 Å². The zero-order chi connectivity index (χ0) is 17.3. The second-order valence-corrected chi connectivity index (χ2v) is 6.16. The highest BCUT2D eigenvalue weighted by atomic mass is 127. The van der Waals surface area contributed by atoms with Gasteiger partial charge >= 0.3 is 0 Å². The van der Waals surface area contributed by atoms with Gasteiger partial charge in [0.25, 0.3) is 0 Å². The molecule has 0 amide bonds. The van der Waals surface area contributed by atoms with Crippen molar-refractivity contribution in [2.75, 3.05) is 39.8 Å². The number of likely N-dealkylation sites (tertiary alicyclic amines) is 1. The highest BCUT2D eigenvalue weighted by molar-refractivity contribution is 14.0. The predicted octanol–water partition coefficient (Wildman–Crippen LogP) is 1.88. The summed E-state index contributed by atoms with van der Waals surface area (Å²) in [5.41, 5.74) is 0. The van der Waals surface area contributed by atoms with Gasteiger partial charge in [-0.05, 0) is 38.1 Å². The number of rotatable bonds is 7. The number of aromatic amines is 1. The first-order chi connectivity index (χ1) is 12.3. The van der Waals surface area contributed by atoms with Crippen molar-refractivity contribution in [3.63, 3.8) is 0 Å². The van der Waals surface area contributed by atoms with Crippen LogP contribution in [-0.2, 0) is 6.42 Å². The van der Waals surface area contributed by atoms with Gasteiger partial charge in [0.1, 0.15) is 5.82 Å². The molecule has 0 aliphatic carbocycles. The van der Waals surface area contributed by atoms with Crippen LogP contribution in [0.4, 0.5) is 0 Å². The van der Waals surface area contributed by atoms with Crippen molar-refractivity contribution in [2.24, 2.45) is 4.99 Å². The topological polar surface area (TPSA) is 94.4 Å². The van der Waals surface area contributed by atoms with E-state index < -0.39 is 0 Å². The maximum Gasteiger partial charge on any atom is 0.216 e. The summed E-state index contributed by atoms with van der Waals surface area (Å²) in [7, 11) is 1.79. The Kier molecular flexibility index (Phi) is 8.89. The minimum atomic E-state index is 0. The van der Waals surface area contributed by atoms with E-state index in [1.807, 2.05) is 12.1 Å². The van der Waals surface area contributed by atoms with E-state index in [1.165, 1.54) is 32.4 Å². The Morgan fingerprint density at radius 3 is 2.81 bits per heavy atom. The van der Waals surface area contributed by atoms with Crippen molar-refractivity contribution in [2.45, 2.75) is 25.7 Å². The van der Waals surface area contributed by atoms with Gasteiger partial charge in [-0.2, -0.15) is 5.10 Å². The van der Waals surface area contributed by atoms with Crippen molar-refractivity contribution in [1.29, 1.82) is 0 Å². The molecule has 0 bridgehead atoms. The van der Waals surface area contributed by atoms with Crippen LogP contribution < -0.4 is 10.6 Å². The van der Waals surface area contributed by atoms with Crippen molar-refractivity contribution in [1.82, 2.24) is 30.7 Å². The van der Waals surface area contributed by atoms with Gasteiger partial charge in [0.15, 0.2) is 11.7 Å². The lowest BCUT2D eigenvalue weighted by Gasteiger charge is -2.26. The van der Waals surface area contributed by atoms with Crippen molar-refractivity contribution in [3.05, 3.63) is 24.2 Å². The van der Waals surface area contributed by atoms with Crippen LogP contribution in [0.5, 0.6) is 0 Å². The van der Waals surface area contributed by atoms with E-state index in [4.69, 9.17) is 4.42 Å². The molecule has 0 atom stereocenters. The minimum Gasteiger partial charge on any atom is -0.461 e. The normalized spacial score (nSPS) is 15.5. The number of piperidine rings is 1. The zero-order valence-corrected chi connectivity index (χ0v) is 17.5. The molecule has 9 heteroatoms. The molecule has 3 rings (SSSR count). The molecule has 3 heterocycles. The lowest BCUT2D eigenvalue weighted by molar-refractivity contribution is 0.232. The molecule has 26 heavy (non-hydrogen) atoms. The summed E-state index contributed by atoms with van der Waals surface area (Å²) in [5, 5.41) is 13.8. The van der Waals surface area contributed by atoms with Crippen molar-refractivity contribution < 1.29 is 4.42 Å². The largest absolute Gasteiger partial charge is 0.461 e. The minimum absolute atomic E-state index is 0.